The Morgan fingerprint density at radius 2 is 1.95 bits per heavy atom. The standard InChI is InChI=1S/C14H15F3N2OS/c1-9-7-19-13(20-9)10(2)18-8-11-3-5-12(6-4-11)21-14(15,16)17/h3-7,10,18H,8H2,1-2H3. The SMILES string of the molecule is Cc1cnc(C(C)NCc2ccc(SC(F)(F)F)cc2)o1. The van der Waals surface area contributed by atoms with Gasteiger partial charge in [-0.05, 0) is 43.3 Å². The number of nitrogens with zero attached hydrogens (tertiary/aromatic N) is 1. The lowest BCUT2D eigenvalue weighted by molar-refractivity contribution is -0.0328. The number of benzene rings is 1. The van der Waals surface area contributed by atoms with Gasteiger partial charge in [0.1, 0.15) is 5.76 Å². The van der Waals surface area contributed by atoms with Gasteiger partial charge in [0.25, 0.3) is 0 Å². The minimum absolute atomic E-state index is 0.0667. The summed E-state index contributed by atoms with van der Waals surface area (Å²) >= 11 is -0.112. The molecule has 1 atom stereocenters. The fourth-order valence-corrected chi connectivity index (χ4v) is 2.28. The van der Waals surface area contributed by atoms with Gasteiger partial charge >= 0.3 is 5.51 Å². The maximum absolute atomic E-state index is 12.2. The van der Waals surface area contributed by atoms with E-state index in [1.54, 1.807) is 18.3 Å². The molecule has 0 bridgehead atoms. The van der Waals surface area contributed by atoms with Gasteiger partial charge in [-0.25, -0.2) is 4.98 Å². The third-order valence-electron chi connectivity index (χ3n) is 2.78. The average molecular weight is 316 g/mol. The maximum atomic E-state index is 12.2. The molecule has 1 unspecified atom stereocenters. The first kappa shape index (κ1) is 15.9. The molecule has 0 aliphatic rings. The second kappa shape index (κ2) is 6.53. The van der Waals surface area contributed by atoms with Crippen molar-refractivity contribution in [1.29, 1.82) is 0 Å². The number of oxazole rings is 1. The lowest BCUT2D eigenvalue weighted by Crippen LogP contribution is -2.18. The second-order valence-electron chi connectivity index (χ2n) is 4.60. The van der Waals surface area contributed by atoms with Crippen molar-refractivity contribution < 1.29 is 17.6 Å². The van der Waals surface area contributed by atoms with Gasteiger partial charge in [-0.2, -0.15) is 13.2 Å². The van der Waals surface area contributed by atoms with Crippen molar-refractivity contribution in [3.05, 3.63) is 47.7 Å². The summed E-state index contributed by atoms with van der Waals surface area (Å²) in [5.41, 5.74) is -3.35. The molecule has 0 saturated heterocycles. The first-order valence-electron chi connectivity index (χ1n) is 6.34. The molecular weight excluding hydrogens is 301 g/mol. The molecule has 3 nitrogen and oxygen atoms in total. The molecule has 0 radical (unpaired) electrons. The molecule has 21 heavy (non-hydrogen) atoms. The smallest absolute Gasteiger partial charge is 0.444 e. The van der Waals surface area contributed by atoms with Gasteiger partial charge in [0.05, 0.1) is 12.2 Å². The highest BCUT2D eigenvalue weighted by Gasteiger charge is 2.28. The Bertz CT molecular complexity index is 581. The first-order valence-corrected chi connectivity index (χ1v) is 7.15. The molecule has 0 spiro atoms. The number of aromatic nitrogens is 1. The molecule has 1 N–H and O–H groups in total. The zero-order valence-electron chi connectivity index (χ0n) is 11.6. The van der Waals surface area contributed by atoms with Gasteiger partial charge in [0.2, 0.25) is 5.89 Å². The minimum Gasteiger partial charge on any atom is -0.444 e. The van der Waals surface area contributed by atoms with E-state index in [4.69, 9.17) is 4.42 Å². The van der Waals surface area contributed by atoms with Gasteiger partial charge in [0.15, 0.2) is 0 Å². The predicted octanol–water partition coefficient (Wildman–Crippen LogP) is 4.45. The number of halogens is 3. The largest absolute Gasteiger partial charge is 0.446 e. The fourth-order valence-electron chi connectivity index (χ4n) is 1.74. The van der Waals surface area contributed by atoms with E-state index in [2.05, 4.69) is 10.3 Å². The van der Waals surface area contributed by atoms with E-state index in [1.807, 2.05) is 13.8 Å². The van der Waals surface area contributed by atoms with Crippen molar-refractivity contribution >= 4 is 11.8 Å². The normalized spacial score (nSPS) is 13.4. The van der Waals surface area contributed by atoms with E-state index >= 15 is 0 Å². The van der Waals surface area contributed by atoms with Crippen LogP contribution in [0.2, 0.25) is 0 Å². The second-order valence-corrected chi connectivity index (χ2v) is 5.74. The number of thioether (sulfide) groups is 1. The quantitative estimate of drug-likeness (QED) is 0.827. The molecule has 114 valence electrons. The maximum Gasteiger partial charge on any atom is 0.446 e. The van der Waals surface area contributed by atoms with Crippen molar-refractivity contribution in [3.8, 4) is 0 Å². The molecule has 2 aromatic rings. The molecule has 0 fully saturated rings. The van der Waals surface area contributed by atoms with Gasteiger partial charge < -0.3 is 9.73 Å². The van der Waals surface area contributed by atoms with E-state index in [0.29, 0.717) is 12.4 Å². The Morgan fingerprint density at radius 1 is 1.29 bits per heavy atom. The van der Waals surface area contributed by atoms with E-state index in [9.17, 15) is 13.2 Å². The Morgan fingerprint density at radius 3 is 2.48 bits per heavy atom. The summed E-state index contributed by atoms with van der Waals surface area (Å²) in [5, 5.41) is 3.21. The average Bonchev–Trinajstić information content (AvgIpc) is 2.82. The van der Waals surface area contributed by atoms with E-state index in [0.717, 1.165) is 11.3 Å². The van der Waals surface area contributed by atoms with E-state index < -0.39 is 5.51 Å². The van der Waals surface area contributed by atoms with Crippen molar-refractivity contribution in [1.82, 2.24) is 10.3 Å². The van der Waals surface area contributed by atoms with Crippen LogP contribution >= 0.6 is 11.8 Å². The molecular formula is C14H15F3N2OS. The highest BCUT2D eigenvalue weighted by molar-refractivity contribution is 8.00. The highest BCUT2D eigenvalue weighted by atomic mass is 32.2. The Balaban J connectivity index is 1.89. The third kappa shape index (κ3) is 5.09. The number of alkyl halides is 3. The number of aryl methyl sites for hydroxylation is 1. The van der Waals surface area contributed by atoms with Crippen LogP contribution in [0.5, 0.6) is 0 Å². The zero-order valence-corrected chi connectivity index (χ0v) is 12.4. The van der Waals surface area contributed by atoms with E-state index in [-0.39, 0.29) is 22.7 Å². The molecule has 1 aromatic heterocycles. The lowest BCUT2D eigenvalue weighted by Gasteiger charge is -2.11. The Kier molecular flexibility index (Phi) is 4.95. The summed E-state index contributed by atoms with van der Waals surface area (Å²) in [4.78, 5) is 4.31. The number of hydrogen-bond donors (Lipinski definition) is 1. The van der Waals surface area contributed by atoms with Crippen LogP contribution < -0.4 is 5.32 Å². The van der Waals surface area contributed by atoms with Crippen LogP contribution in [-0.2, 0) is 6.54 Å². The van der Waals surface area contributed by atoms with Crippen molar-refractivity contribution in [3.63, 3.8) is 0 Å². The number of nitrogens with one attached hydrogen (secondary N) is 1. The molecule has 2 rings (SSSR count). The van der Waals surface area contributed by atoms with Crippen LogP contribution in [-0.4, -0.2) is 10.5 Å². The predicted molar refractivity (Wildman–Crippen MR) is 74.8 cm³/mol. The van der Waals surface area contributed by atoms with Crippen LogP contribution in [0.15, 0.2) is 39.8 Å². The van der Waals surface area contributed by atoms with E-state index in [1.165, 1.54) is 12.1 Å². The lowest BCUT2D eigenvalue weighted by atomic mass is 10.2. The summed E-state index contributed by atoms with van der Waals surface area (Å²) in [6.45, 7) is 4.26. The van der Waals surface area contributed by atoms with Crippen molar-refractivity contribution in [2.75, 3.05) is 0 Å². The van der Waals surface area contributed by atoms with Gasteiger partial charge in [-0.3, -0.25) is 0 Å². The third-order valence-corrected chi connectivity index (χ3v) is 3.52. The Labute approximate surface area is 124 Å². The van der Waals surface area contributed by atoms with Crippen LogP contribution in [0.25, 0.3) is 0 Å². The van der Waals surface area contributed by atoms with Crippen LogP contribution in [0.1, 0.15) is 30.2 Å². The molecule has 0 aliphatic carbocycles. The molecule has 1 heterocycles. The number of hydrogen-bond acceptors (Lipinski definition) is 4. The summed E-state index contributed by atoms with van der Waals surface area (Å²) < 4.78 is 42.1. The fraction of sp³-hybridized carbons (Fsp3) is 0.357. The molecule has 0 aliphatic heterocycles. The molecule has 7 heteroatoms. The monoisotopic (exact) mass is 316 g/mol. The first-order chi connectivity index (χ1) is 9.83. The summed E-state index contributed by atoms with van der Waals surface area (Å²) in [6.07, 6.45) is 1.65. The van der Waals surface area contributed by atoms with Crippen LogP contribution in [0.4, 0.5) is 13.2 Å². The van der Waals surface area contributed by atoms with Gasteiger partial charge in [0, 0.05) is 11.4 Å². The molecule has 0 amide bonds. The van der Waals surface area contributed by atoms with Crippen LogP contribution in [0.3, 0.4) is 0 Å². The summed E-state index contributed by atoms with van der Waals surface area (Å²) in [6, 6.07) is 6.22. The van der Waals surface area contributed by atoms with Crippen molar-refractivity contribution in [2.45, 2.75) is 36.8 Å². The van der Waals surface area contributed by atoms with Crippen LogP contribution in [0, 0.1) is 6.92 Å². The number of rotatable bonds is 5. The zero-order chi connectivity index (χ0) is 15.5. The van der Waals surface area contributed by atoms with Gasteiger partial charge in [-0.15, -0.1) is 0 Å². The molecule has 0 saturated carbocycles. The minimum atomic E-state index is -4.25. The molecule has 1 aromatic carbocycles. The van der Waals surface area contributed by atoms with Gasteiger partial charge in [-0.1, -0.05) is 12.1 Å². The topological polar surface area (TPSA) is 38.1 Å². The summed E-state index contributed by atoms with van der Waals surface area (Å²) in [5.74, 6) is 1.34. The van der Waals surface area contributed by atoms with Crippen molar-refractivity contribution in [2.24, 2.45) is 0 Å². The Hall–Kier alpha value is -1.47. The summed E-state index contributed by atoms with van der Waals surface area (Å²) in [7, 11) is 0. The highest BCUT2D eigenvalue weighted by Crippen LogP contribution is 2.36.